The van der Waals surface area contributed by atoms with E-state index in [0.29, 0.717) is 0 Å². The number of halogens is 1. The number of rotatable bonds is 4. The fourth-order valence-corrected chi connectivity index (χ4v) is 3.96. The molecule has 1 fully saturated rings. The van der Waals surface area contributed by atoms with Gasteiger partial charge in [0.25, 0.3) is 0 Å². The first-order chi connectivity index (χ1) is 10.3. The van der Waals surface area contributed by atoms with Crippen LogP contribution in [-0.4, -0.2) is 25.8 Å². The molecule has 0 aliphatic carbocycles. The molecule has 1 unspecified atom stereocenters. The van der Waals surface area contributed by atoms with Crippen molar-refractivity contribution in [2.75, 3.05) is 19.7 Å². The summed E-state index contributed by atoms with van der Waals surface area (Å²) in [6.45, 7) is 2.56. The third-order valence-electron chi connectivity index (χ3n) is 3.51. The normalized spacial score (nSPS) is 20.1. The zero-order chi connectivity index (χ0) is 14.5. The molecule has 1 N–H and O–H groups in total. The molecule has 2 atom stereocenters. The quantitative estimate of drug-likeness (QED) is 0.855. The summed E-state index contributed by atoms with van der Waals surface area (Å²) in [5.41, 5.74) is 1.27. The van der Waals surface area contributed by atoms with Crippen LogP contribution in [-0.2, 0) is 4.74 Å². The second kappa shape index (κ2) is 7.32. The fraction of sp³-hybridized carbons (Fsp3) is 0.294. The van der Waals surface area contributed by atoms with Crippen LogP contribution in [0.15, 0.2) is 59.5 Å². The smallest absolute Gasteiger partial charge is 0.0862 e. The maximum Gasteiger partial charge on any atom is 0.0862 e. The van der Waals surface area contributed by atoms with E-state index in [4.69, 9.17) is 16.3 Å². The summed E-state index contributed by atoms with van der Waals surface area (Å²) < 4.78 is 5.98. The zero-order valence-electron chi connectivity index (χ0n) is 11.7. The fourth-order valence-electron chi connectivity index (χ4n) is 2.46. The van der Waals surface area contributed by atoms with Crippen LogP contribution < -0.4 is 5.32 Å². The third-order valence-corrected chi connectivity index (χ3v) is 5.39. The Morgan fingerprint density at radius 2 is 1.86 bits per heavy atom. The van der Waals surface area contributed by atoms with Crippen molar-refractivity contribution < 1.29 is 4.74 Å². The number of ether oxygens (including phenoxy) is 1. The van der Waals surface area contributed by atoms with Crippen molar-refractivity contribution in [3.8, 4) is 0 Å². The Hall–Kier alpha value is -1.00. The minimum Gasteiger partial charge on any atom is -0.374 e. The number of hydrogen-bond donors (Lipinski definition) is 1. The average molecular weight is 320 g/mol. The number of morpholine rings is 1. The standard InChI is InChI=1S/C17H18ClNOS/c18-14-8-4-5-9-16(14)21-17(13-6-2-1-3-7-13)15-12-19-10-11-20-15/h1-9,15,17,19H,10-12H2/t15?,17-/m1/s1. The second-order valence-electron chi connectivity index (χ2n) is 4.99. The van der Waals surface area contributed by atoms with Crippen molar-refractivity contribution in [2.24, 2.45) is 0 Å². The van der Waals surface area contributed by atoms with Crippen molar-refractivity contribution in [3.05, 3.63) is 65.2 Å². The summed E-state index contributed by atoms with van der Waals surface area (Å²) in [6, 6.07) is 18.5. The van der Waals surface area contributed by atoms with E-state index in [9.17, 15) is 0 Å². The van der Waals surface area contributed by atoms with Crippen LogP contribution >= 0.6 is 23.4 Å². The van der Waals surface area contributed by atoms with Crippen molar-refractivity contribution in [1.29, 1.82) is 0 Å². The molecule has 0 radical (unpaired) electrons. The first kappa shape index (κ1) is 14.9. The minimum absolute atomic E-state index is 0.155. The maximum absolute atomic E-state index is 6.32. The van der Waals surface area contributed by atoms with Crippen molar-refractivity contribution in [2.45, 2.75) is 16.2 Å². The summed E-state index contributed by atoms with van der Waals surface area (Å²) in [4.78, 5) is 1.10. The van der Waals surface area contributed by atoms with Gasteiger partial charge in [-0.05, 0) is 17.7 Å². The largest absolute Gasteiger partial charge is 0.374 e. The lowest BCUT2D eigenvalue weighted by atomic mass is 10.1. The van der Waals surface area contributed by atoms with Gasteiger partial charge in [-0.25, -0.2) is 0 Å². The van der Waals surface area contributed by atoms with Crippen molar-refractivity contribution >= 4 is 23.4 Å². The van der Waals surface area contributed by atoms with Crippen LogP contribution in [0.25, 0.3) is 0 Å². The highest BCUT2D eigenvalue weighted by Gasteiger charge is 2.27. The van der Waals surface area contributed by atoms with E-state index in [-0.39, 0.29) is 11.4 Å². The summed E-state index contributed by atoms with van der Waals surface area (Å²) in [6.07, 6.45) is 0.155. The van der Waals surface area contributed by atoms with Crippen LogP contribution in [0.4, 0.5) is 0 Å². The molecule has 1 heterocycles. The molecule has 1 saturated heterocycles. The van der Waals surface area contributed by atoms with Crippen molar-refractivity contribution in [1.82, 2.24) is 5.32 Å². The average Bonchev–Trinajstić information content (AvgIpc) is 2.56. The van der Waals surface area contributed by atoms with Crippen LogP contribution in [0.3, 0.4) is 0 Å². The van der Waals surface area contributed by atoms with Gasteiger partial charge in [-0.2, -0.15) is 0 Å². The number of nitrogens with one attached hydrogen (secondary N) is 1. The van der Waals surface area contributed by atoms with Crippen LogP contribution in [0.5, 0.6) is 0 Å². The molecule has 2 aromatic rings. The highest BCUT2D eigenvalue weighted by molar-refractivity contribution is 7.99. The molecule has 4 heteroatoms. The SMILES string of the molecule is Clc1ccccc1S[C@H](c1ccccc1)C1CNCCO1. The van der Waals surface area contributed by atoms with E-state index >= 15 is 0 Å². The molecule has 1 aliphatic rings. The van der Waals surface area contributed by atoms with Gasteiger partial charge in [0.05, 0.1) is 23.0 Å². The predicted molar refractivity (Wildman–Crippen MR) is 89.1 cm³/mol. The Morgan fingerprint density at radius 1 is 1.10 bits per heavy atom. The van der Waals surface area contributed by atoms with Gasteiger partial charge in [-0.1, -0.05) is 54.1 Å². The molecule has 3 rings (SSSR count). The van der Waals surface area contributed by atoms with Gasteiger partial charge in [0.2, 0.25) is 0 Å². The molecule has 0 spiro atoms. The Kier molecular flexibility index (Phi) is 5.20. The van der Waals surface area contributed by atoms with E-state index in [1.165, 1.54) is 5.56 Å². The van der Waals surface area contributed by atoms with Crippen LogP contribution in [0.2, 0.25) is 5.02 Å². The second-order valence-corrected chi connectivity index (χ2v) is 6.58. The van der Waals surface area contributed by atoms with E-state index in [2.05, 4.69) is 35.6 Å². The third kappa shape index (κ3) is 3.80. The molecule has 0 bridgehead atoms. The van der Waals surface area contributed by atoms with Crippen LogP contribution in [0.1, 0.15) is 10.8 Å². The Bertz CT molecular complexity index is 572. The van der Waals surface area contributed by atoms with Gasteiger partial charge in [0, 0.05) is 18.0 Å². The summed E-state index contributed by atoms with van der Waals surface area (Å²) in [5.74, 6) is 0. The molecule has 21 heavy (non-hydrogen) atoms. The Morgan fingerprint density at radius 3 is 2.57 bits per heavy atom. The minimum atomic E-state index is 0.155. The molecule has 2 nitrogen and oxygen atoms in total. The summed E-state index contributed by atoms with van der Waals surface area (Å²) in [7, 11) is 0. The lowest BCUT2D eigenvalue weighted by molar-refractivity contribution is 0.0273. The van der Waals surface area contributed by atoms with E-state index < -0.39 is 0 Å². The topological polar surface area (TPSA) is 21.3 Å². The number of hydrogen-bond acceptors (Lipinski definition) is 3. The molecule has 0 saturated carbocycles. The van der Waals surface area contributed by atoms with Gasteiger partial charge in [0.1, 0.15) is 0 Å². The maximum atomic E-state index is 6.32. The molecule has 0 amide bonds. The Labute approximate surface area is 134 Å². The van der Waals surface area contributed by atoms with E-state index in [0.717, 1.165) is 29.6 Å². The highest BCUT2D eigenvalue weighted by Crippen LogP contribution is 2.41. The van der Waals surface area contributed by atoms with Gasteiger partial charge in [-0.3, -0.25) is 0 Å². The first-order valence-corrected chi connectivity index (χ1v) is 8.39. The molecule has 1 aliphatic heterocycles. The Balaban J connectivity index is 1.87. The van der Waals surface area contributed by atoms with Gasteiger partial charge >= 0.3 is 0 Å². The van der Waals surface area contributed by atoms with Gasteiger partial charge in [-0.15, -0.1) is 11.8 Å². The molecule has 110 valence electrons. The molecular formula is C17H18ClNOS. The lowest BCUT2D eigenvalue weighted by Gasteiger charge is -2.31. The number of thioether (sulfide) groups is 1. The number of benzene rings is 2. The summed E-state index contributed by atoms with van der Waals surface area (Å²) in [5, 5.41) is 4.45. The zero-order valence-corrected chi connectivity index (χ0v) is 13.2. The molecular weight excluding hydrogens is 302 g/mol. The van der Waals surface area contributed by atoms with Gasteiger partial charge < -0.3 is 10.1 Å². The monoisotopic (exact) mass is 319 g/mol. The summed E-state index contributed by atoms with van der Waals surface area (Å²) >= 11 is 8.10. The van der Waals surface area contributed by atoms with Gasteiger partial charge in [0.15, 0.2) is 0 Å². The molecule has 2 aromatic carbocycles. The van der Waals surface area contributed by atoms with Crippen molar-refractivity contribution in [3.63, 3.8) is 0 Å². The highest BCUT2D eigenvalue weighted by atomic mass is 35.5. The predicted octanol–water partition coefficient (Wildman–Crippen LogP) is 4.16. The molecule has 0 aromatic heterocycles. The van der Waals surface area contributed by atoms with Crippen LogP contribution in [0, 0.1) is 0 Å². The lowest BCUT2D eigenvalue weighted by Crippen LogP contribution is -2.41. The first-order valence-electron chi connectivity index (χ1n) is 7.13. The van der Waals surface area contributed by atoms with E-state index in [1.54, 1.807) is 11.8 Å². The van der Waals surface area contributed by atoms with E-state index in [1.807, 2.05) is 24.3 Å².